The number of hydrogen-bond donors (Lipinski definition) is 4. The number of rotatable bonds is 13. The lowest BCUT2D eigenvalue weighted by atomic mass is 10.0. The molecule has 0 spiro atoms. The van der Waals surface area contributed by atoms with Crippen LogP contribution in [0.5, 0.6) is 23.0 Å². The van der Waals surface area contributed by atoms with Crippen LogP contribution >= 0.6 is 0 Å². The highest BCUT2D eigenvalue weighted by Gasteiger charge is 2.13. The molecule has 38 heavy (non-hydrogen) atoms. The van der Waals surface area contributed by atoms with Crippen LogP contribution in [0.15, 0.2) is 66.7 Å². The molecule has 3 rings (SSSR count). The zero-order valence-corrected chi connectivity index (χ0v) is 21.7. The van der Waals surface area contributed by atoms with E-state index in [1.54, 1.807) is 68.8 Å². The summed E-state index contributed by atoms with van der Waals surface area (Å²) in [4.78, 5) is 25.2. The van der Waals surface area contributed by atoms with Crippen LogP contribution in [-0.4, -0.2) is 42.8 Å². The van der Waals surface area contributed by atoms with Crippen LogP contribution in [0.2, 0.25) is 0 Å². The first-order valence-corrected chi connectivity index (χ1v) is 12.5. The molecule has 0 bridgehead atoms. The summed E-state index contributed by atoms with van der Waals surface area (Å²) in [6.45, 7) is 0.738. The topological polar surface area (TPSA) is 117 Å². The van der Waals surface area contributed by atoms with Gasteiger partial charge in [-0.15, -0.1) is 0 Å². The van der Waals surface area contributed by atoms with Gasteiger partial charge in [0, 0.05) is 36.7 Å². The summed E-state index contributed by atoms with van der Waals surface area (Å²) in [5.41, 5.74) is 2.50. The number of aromatic hydroxyl groups is 2. The van der Waals surface area contributed by atoms with E-state index < -0.39 is 0 Å². The molecule has 200 valence electrons. The van der Waals surface area contributed by atoms with Crippen LogP contribution < -0.4 is 20.1 Å². The average Bonchev–Trinajstić information content (AvgIpc) is 2.93. The van der Waals surface area contributed by atoms with Crippen LogP contribution in [0.1, 0.15) is 42.4 Å². The quantitative estimate of drug-likeness (QED) is 0.149. The standard InChI is InChI=1S/C30H34N2O6/c1-37-25-16-21(17-26(19-25)38-2)18-27(22-11-13-24(33)14-12-22)30(36)31-15-7-3-4-10-29(35)32-20-23-8-5-6-9-28(23)34/h5-6,8-9,11-14,16-19,33-34H,3-4,7,10,15,20H2,1-2H3,(H,31,36)(H,32,35)/b27-18-. The Balaban J connectivity index is 1.53. The molecule has 0 unspecified atom stereocenters. The lowest BCUT2D eigenvalue weighted by molar-refractivity contribution is -0.121. The molecule has 0 saturated heterocycles. The lowest BCUT2D eigenvalue weighted by Crippen LogP contribution is -2.25. The van der Waals surface area contributed by atoms with Gasteiger partial charge in [0.1, 0.15) is 23.0 Å². The van der Waals surface area contributed by atoms with E-state index in [9.17, 15) is 19.8 Å². The number of methoxy groups -OCH3 is 2. The van der Waals surface area contributed by atoms with E-state index in [0.29, 0.717) is 54.0 Å². The molecule has 0 aliphatic heterocycles. The summed E-state index contributed by atoms with van der Waals surface area (Å²) in [5, 5.41) is 25.2. The third kappa shape index (κ3) is 8.58. The third-order valence-electron chi connectivity index (χ3n) is 5.94. The Morgan fingerprint density at radius 2 is 1.53 bits per heavy atom. The molecule has 0 heterocycles. The summed E-state index contributed by atoms with van der Waals surface area (Å²) < 4.78 is 10.7. The molecule has 0 aliphatic rings. The van der Waals surface area contributed by atoms with Gasteiger partial charge in [0.25, 0.3) is 5.91 Å². The van der Waals surface area contributed by atoms with Gasteiger partial charge in [-0.25, -0.2) is 0 Å². The zero-order valence-electron chi connectivity index (χ0n) is 21.7. The van der Waals surface area contributed by atoms with Crippen molar-refractivity contribution in [3.05, 3.63) is 83.4 Å². The van der Waals surface area contributed by atoms with Gasteiger partial charge < -0.3 is 30.3 Å². The monoisotopic (exact) mass is 518 g/mol. The van der Waals surface area contributed by atoms with Gasteiger partial charge in [-0.05, 0) is 60.4 Å². The fourth-order valence-electron chi connectivity index (χ4n) is 3.83. The Morgan fingerprint density at radius 3 is 2.18 bits per heavy atom. The maximum absolute atomic E-state index is 13.1. The fourth-order valence-corrected chi connectivity index (χ4v) is 3.83. The first-order valence-electron chi connectivity index (χ1n) is 12.5. The molecular weight excluding hydrogens is 484 g/mol. The number of hydrogen-bond acceptors (Lipinski definition) is 6. The van der Waals surface area contributed by atoms with Gasteiger partial charge in [0.15, 0.2) is 0 Å². The normalized spacial score (nSPS) is 11.1. The van der Waals surface area contributed by atoms with E-state index in [4.69, 9.17) is 9.47 Å². The number of phenols is 2. The van der Waals surface area contributed by atoms with Gasteiger partial charge in [-0.1, -0.05) is 36.8 Å². The van der Waals surface area contributed by atoms with Crippen molar-refractivity contribution in [2.75, 3.05) is 20.8 Å². The van der Waals surface area contributed by atoms with E-state index in [2.05, 4.69) is 10.6 Å². The summed E-state index contributed by atoms with van der Waals surface area (Å²) in [7, 11) is 3.13. The van der Waals surface area contributed by atoms with E-state index in [0.717, 1.165) is 12.0 Å². The van der Waals surface area contributed by atoms with Crippen molar-refractivity contribution in [3.8, 4) is 23.0 Å². The highest BCUT2D eigenvalue weighted by molar-refractivity contribution is 6.24. The number of carbonyl (C=O) groups excluding carboxylic acids is 2. The van der Waals surface area contributed by atoms with Crippen molar-refractivity contribution in [2.45, 2.75) is 32.2 Å². The maximum atomic E-state index is 13.1. The molecule has 0 atom stereocenters. The molecule has 0 saturated carbocycles. The molecule has 0 aromatic heterocycles. The van der Waals surface area contributed by atoms with Crippen molar-refractivity contribution in [1.82, 2.24) is 10.6 Å². The minimum Gasteiger partial charge on any atom is -0.508 e. The van der Waals surface area contributed by atoms with Crippen LogP contribution in [-0.2, 0) is 16.1 Å². The van der Waals surface area contributed by atoms with Gasteiger partial charge in [-0.3, -0.25) is 9.59 Å². The van der Waals surface area contributed by atoms with Crippen molar-refractivity contribution < 1.29 is 29.3 Å². The molecule has 2 amide bonds. The Hall–Kier alpha value is -4.46. The van der Waals surface area contributed by atoms with Gasteiger partial charge in [-0.2, -0.15) is 0 Å². The number of unbranched alkanes of at least 4 members (excludes halogenated alkanes) is 2. The number of phenolic OH excluding ortho intramolecular Hbond substituents is 2. The summed E-state index contributed by atoms with van der Waals surface area (Å²) >= 11 is 0. The Bertz CT molecular complexity index is 1230. The highest BCUT2D eigenvalue weighted by atomic mass is 16.5. The van der Waals surface area contributed by atoms with Crippen LogP contribution in [0.25, 0.3) is 11.6 Å². The predicted molar refractivity (Wildman–Crippen MR) is 147 cm³/mol. The van der Waals surface area contributed by atoms with Crippen molar-refractivity contribution >= 4 is 23.5 Å². The summed E-state index contributed by atoms with van der Waals surface area (Å²) in [6.07, 6.45) is 4.30. The highest BCUT2D eigenvalue weighted by Crippen LogP contribution is 2.27. The largest absolute Gasteiger partial charge is 0.508 e. The van der Waals surface area contributed by atoms with Crippen molar-refractivity contribution in [2.24, 2.45) is 0 Å². The molecule has 0 radical (unpaired) electrons. The van der Waals surface area contributed by atoms with Crippen molar-refractivity contribution in [1.29, 1.82) is 0 Å². The van der Waals surface area contributed by atoms with Gasteiger partial charge in [0.2, 0.25) is 5.91 Å². The minimum absolute atomic E-state index is 0.0800. The average molecular weight is 519 g/mol. The van der Waals surface area contributed by atoms with Crippen LogP contribution in [0.4, 0.5) is 0 Å². The molecule has 8 heteroatoms. The van der Waals surface area contributed by atoms with E-state index in [1.165, 1.54) is 12.1 Å². The Kier molecular flexibility index (Phi) is 10.6. The number of nitrogens with one attached hydrogen (secondary N) is 2. The van der Waals surface area contributed by atoms with E-state index in [1.807, 2.05) is 6.07 Å². The maximum Gasteiger partial charge on any atom is 0.251 e. The van der Waals surface area contributed by atoms with Crippen LogP contribution in [0, 0.1) is 0 Å². The minimum atomic E-state index is -0.252. The lowest BCUT2D eigenvalue weighted by Gasteiger charge is -2.11. The number of benzene rings is 3. The second kappa shape index (κ2) is 14.3. The molecule has 4 N–H and O–H groups in total. The number of carbonyl (C=O) groups is 2. The number of ether oxygens (including phenoxy) is 2. The third-order valence-corrected chi connectivity index (χ3v) is 5.94. The molecule has 0 aliphatic carbocycles. The van der Waals surface area contributed by atoms with Crippen molar-refractivity contribution in [3.63, 3.8) is 0 Å². The number of amides is 2. The first-order chi connectivity index (χ1) is 18.4. The summed E-state index contributed by atoms with van der Waals surface area (Å²) in [6, 6.07) is 18.7. The SMILES string of the molecule is COc1cc(/C=C(\C(=O)NCCCCCC(=O)NCc2ccccc2O)c2ccc(O)cc2)cc(OC)c1. The molecule has 0 fully saturated rings. The van der Waals surface area contributed by atoms with Gasteiger partial charge >= 0.3 is 0 Å². The number of para-hydroxylation sites is 1. The second-order valence-electron chi connectivity index (χ2n) is 8.72. The summed E-state index contributed by atoms with van der Waals surface area (Å²) in [5.74, 6) is 1.15. The van der Waals surface area contributed by atoms with Crippen LogP contribution in [0.3, 0.4) is 0 Å². The smallest absolute Gasteiger partial charge is 0.251 e. The van der Waals surface area contributed by atoms with Gasteiger partial charge in [0.05, 0.1) is 14.2 Å². The van der Waals surface area contributed by atoms with E-state index in [-0.39, 0.29) is 29.9 Å². The zero-order chi connectivity index (χ0) is 27.3. The Morgan fingerprint density at radius 1 is 0.842 bits per heavy atom. The molecular formula is C30H34N2O6. The Labute approximate surface area is 222 Å². The first kappa shape index (κ1) is 28.1. The predicted octanol–water partition coefficient (Wildman–Crippen LogP) is 4.65. The fraction of sp³-hybridized carbons (Fsp3) is 0.267. The second-order valence-corrected chi connectivity index (χ2v) is 8.72. The molecule has 3 aromatic rings. The molecule has 3 aromatic carbocycles. The van der Waals surface area contributed by atoms with E-state index >= 15 is 0 Å². The molecule has 8 nitrogen and oxygen atoms in total.